The predicted molar refractivity (Wildman–Crippen MR) is 188 cm³/mol. The van der Waals surface area contributed by atoms with E-state index in [2.05, 4.69) is 50.5 Å². The summed E-state index contributed by atoms with van der Waals surface area (Å²) in [5, 5.41) is 9.59. The van der Waals surface area contributed by atoms with Gasteiger partial charge in [0.1, 0.15) is 29.2 Å². The van der Waals surface area contributed by atoms with Crippen LogP contribution in [0.4, 0.5) is 4.79 Å². The molecule has 10 heteroatoms. The summed E-state index contributed by atoms with van der Waals surface area (Å²) in [6, 6.07) is 11.4. The van der Waals surface area contributed by atoms with Crippen LogP contribution in [0.2, 0.25) is 5.02 Å². The van der Waals surface area contributed by atoms with E-state index < -0.39 is 5.60 Å². The van der Waals surface area contributed by atoms with Crippen molar-refractivity contribution in [1.82, 2.24) is 19.7 Å². The van der Waals surface area contributed by atoms with Gasteiger partial charge >= 0.3 is 6.09 Å². The van der Waals surface area contributed by atoms with Crippen molar-refractivity contribution >= 4 is 23.6 Å². The fraction of sp³-hybridized carbons (Fsp3) is 0.590. The molecular formula is C39H48ClN5O4. The van der Waals surface area contributed by atoms with E-state index in [-0.39, 0.29) is 35.0 Å². The Labute approximate surface area is 295 Å². The molecule has 260 valence electrons. The number of carbonyl (C=O) groups excluding carboxylic acids is 2. The van der Waals surface area contributed by atoms with Crippen LogP contribution in [0.25, 0.3) is 0 Å². The molecule has 0 radical (unpaired) electrons. The summed E-state index contributed by atoms with van der Waals surface area (Å²) < 4.78 is 12.0. The maximum atomic E-state index is 13.7. The molecule has 2 aromatic rings. The maximum absolute atomic E-state index is 13.7. The zero-order valence-corrected chi connectivity index (χ0v) is 30.6. The molecule has 1 saturated heterocycles. The Morgan fingerprint density at radius 1 is 1.00 bits per heavy atom. The van der Waals surface area contributed by atoms with Gasteiger partial charge in [0.15, 0.2) is 0 Å². The molecule has 0 spiro atoms. The second-order valence-corrected chi connectivity index (χ2v) is 16.6. The van der Waals surface area contributed by atoms with Gasteiger partial charge in [-0.1, -0.05) is 45.2 Å². The van der Waals surface area contributed by atoms with Crippen LogP contribution in [-0.2, 0) is 11.3 Å². The number of pyridine rings is 1. The normalized spacial score (nSPS) is 26.1. The number of ether oxygens (including phenoxy) is 2. The molecule has 2 aliphatic heterocycles. The predicted octanol–water partition coefficient (Wildman–Crippen LogP) is 6.91. The number of rotatable bonds is 4. The lowest BCUT2D eigenvalue weighted by atomic mass is 9.49. The maximum Gasteiger partial charge on any atom is 0.410 e. The first-order chi connectivity index (χ1) is 23.1. The summed E-state index contributed by atoms with van der Waals surface area (Å²) in [6.07, 6.45) is 3.91. The Bertz CT molecular complexity index is 1700. The van der Waals surface area contributed by atoms with Gasteiger partial charge < -0.3 is 19.3 Å². The van der Waals surface area contributed by atoms with Gasteiger partial charge in [-0.3, -0.25) is 9.69 Å². The van der Waals surface area contributed by atoms with Crippen molar-refractivity contribution in [3.05, 3.63) is 57.9 Å². The Morgan fingerprint density at radius 2 is 1.67 bits per heavy atom. The van der Waals surface area contributed by atoms with Crippen LogP contribution in [-0.4, -0.2) is 81.7 Å². The van der Waals surface area contributed by atoms with Crippen LogP contribution < -0.4 is 4.74 Å². The first-order valence-corrected chi connectivity index (χ1v) is 17.9. The number of carbonyl (C=O) groups is 2. The molecule has 1 aromatic heterocycles. The summed E-state index contributed by atoms with van der Waals surface area (Å²) in [7, 11) is 0. The minimum atomic E-state index is -0.475. The highest BCUT2D eigenvalue weighted by atomic mass is 35.5. The van der Waals surface area contributed by atoms with Crippen molar-refractivity contribution in [1.29, 1.82) is 5.26 Å². The molecule has 0 N–H and O–H groups in total. The fourth-order valence-corrected chi connectivity index (χ4v) is 9.06. The molecule has 2 aliphatic carbocycles. The molecule has 2 amide bonds. The van der Waals surface area contributed by atoms with Gasteiger partial charge in [-0.2, -0.15) is 5.26 Å². The number of halogens is 1. The van der Waals surface area contributed by atoms with E-state index in [1.165, 1.54) is 0 Å². The van der Waals surface area contributed by atoms with Crippen LogP contribution in [0.5, 0.6) is 5.75 Å². The second-order valence-electron chi connectivity index (χ2n) is 16.2. The molecule has 6 rings (SSSR count). The van der Waals surface area contributed by atoms with Gasteiger partial charge in [-0.05, 0) is 76.6 Å². The van der Waals surface area contributed by atoms with Gasteiger partial charge in [0.2, 0.25) is 0 Å². The van der Waals surface area contributed by atoms with Crippen molar-refractivity contribution < 1.29 is 19.1 Å². The zero-order chi connectivity index (χ0) is 35.3. The smallest absolute Gasteiger partial charge is 0.410 e. The highest BCUT2D eigenvalue weighted by Crippen LogP contribution is 2.59. The van der Waals surface area contributed by atoms with E-state index in [1.807, 2.05) is 42.7 Å². The summed E-state index contributed by atoms with van der Waals surface area (Å²) in [5.74, 6) is 7.75. The van der Waals surface area contributed by atoms with Crippen LogP contribution in [0.1, 0.15) is 101 Å². The first-order valence-electron chi connectivity index (χ1n) is 17.5. The van der Waals surface area contributed by atoms with Crippen LogP contribution in [0.3, 0.4) is 0 Å². The number of aromatic nitrogens is 1. The van der Waals surface area contributed by atoms with Crippen LogP contribution in [0.15, 0.2) is 30.3 Å². The van der Waals surface area contributed by atoms with Gasteiger partial charge in [0.25, 0.3) is 5.91 Å². The van der Waals surface area contributed by atoms with E-state index in [0.29, 0.717) is 59.2 Å². The Morgan fingerprint density at radius 3 is 2.29 bits per heavy atom. The van der Waals surface area contributed by atoms with Crippen LogP contribution in [0, 0.1) is 39.9 Å². The molecule has 49 heavy (non-hydrogen) atoms. The van der Waals surface area contributed by atoms with Crippen molar-refractivity contribution in [2.75, 3.05) is 26.2 Å². The number of nitriles is 1. The quantitative estimate of drug-likeness (QED) is 0.323. The average Bonchev–Trinajstić information content (AvgIpc) is 3.35. The summed E-state index contributed by atoms with van der Waals surface area (Å²) in [6.45, 7) is 17.9. The van der Waals surface area contributed by atoms with E-state index in [4.69, 9.17) is 26.1 Å². The molecular weight excluding hydrogens is 638 g/mol. The Hall–Kier alpha value is -3.79. The topological polar surface area (TPSA) is 99.0 Å². The molecule has 3 heterocycles. The van der Waals surface area contributed by atoms with Gasteiger partial charge in [-0.25, -0.2) is 9.78 Å². The number of nitrogens with zero attached hydrogens (tertiary/aromatic N) is 5. The van der Waals surface area contributed by atoms with Crippen LogP contribution >= 0.6 is 11.6 Å². The molecule has 0 atom stereocenters. The van der Waals surface area contributed by atoms with Crippen molar-refractivity contribution in [3.8, 4) is 23.7 Å². The average molecular weight is 686 g/mol. The number of hydrogen-bond donors (Lipinski definition) is 0. The molecule has 0 unspecified atom stereocenters. The van der Waals surface area contributed by atoms with Gasteiger partial charge in [-0.15, -0.1) is 0 Å². The monoisotopic (exact) mass is 685 g/mol. The number of benzene rings is 1. The third kappa shape index (κ3) is 6.98. The molecule has 2 saturated carbocycles. The third-order valence-electron chi connectivity index (χ3n) is 10.8. The minimum Gasteiger partial charge on any atom is -0.489 e. The van der Waals surface area contributed by atoms with E-state index >= 15 is 0 Å². The fourth-order valence-electron chi connectivity index (χ4n) is 8.85. The number of piperazine rings is 1. The molecule has 3 fully saturated rings. The van der Waals surface area contributed by atoms with Crippen molar-refractivity contribution in [2.24, 2.45) is 16.7 Å². The molecule has 9 nitrogen and oxygen atoms in total. The number of fused-ring (bicyclic) bond motifs is 1. The lowest BCUT2D eigenvalue weighted by Crippen LogP contribution is -2.74. The summed E-state index contributed by atoms with van der Waals surface area (Å²) >= 11 is 6.27. The standard InChI is InChI=1S/C39H48ClN5O4/c1-37(2,3)49-36(47)44-20-18-43(19-21-44)28-14-9-25(10-15-28)8-12-27-13-17-30-32(42-27)24-45(33(30)46)34-38(4,5)35(39(34,6)7)48-29-16-11-26(23-41)31(40)22-29/h11,13,16-17,22,25,28,34-35H,9-10,14-15,18-21,24H2,1-7H3. The highest BCUT2D eigenvalue weighted by molar-refractivity contribution is 6.31. The number of hydrogen-bond acceptors (Lipinski definition) is 7. The summed E-state index contributed by atoms with van der Waals surface area (Å²) in [4.78, 5) is 37.3. The molecule has 1 aromatic carbocycles. The van der Waals surface area contributed by atoms with E-state index in [1.54, 1.807) is 18.2 Å². The van der Waals surface area contributed by atoms with E-state index in [0.717, 1.165) is 44.5 Å². The van der Waals surface area contributed by atoms with Gasteiger partial charge in [0, 0.05) is 61.1 Å². The Balaban J connectivity index is 1.03. The zero-order valence-electron chi connectivity index (χ0n) is 29.8. The second kappa shape index (κ2) is 13.2. The lowest BCUT2D eigenvalue weighted by molar-refractivity contribution is -0.199. The first kappa shape index (κ1) is 35.1. The molecule has 4 aliphatic rings. The van der Waals surface area contributed by atoms with E-state index in [9.17, 15) is 14.9 Å². The van der Waals surface area contributed by atoms with Crippen molar-refractivity contribution in [3.63, 3.8) is 0 Å². The lowest BCUT2D eigenvalue weighted by Gasteiger charge is -2.65. The minimum absolute atomic E-state index is 0.00160. The van der Waals surface area contributed by atoms with Gasteiger partial charge in [0.05, 0.1) is 28.4 Å². The Kier molecular flexibility index (Phi) is 9.41. The summed E-state index contributed by atoms with van der Waals surface area (Å²) in [5.41, 5.74) is 1.39. The van der Waals surface area contributed by atoms with Crippen molar-refractivity contribution in [2.45, 2.75) is 104 Å². The SMILES string of the molecule is CC(C)(C)OC(=O)N1CCN(C2CCC(C#Cc3ccc4c(n3)CN(C3C(C)(C)C(Oc5ccc(C#N)c(Cl)c5)C3(C)C)C4=O)CC2)CC1. The largest absolute Gasteiger partial charge is 0.489 e. The highest BCUT2D eigenvalue weighted by Gasteiger charge is 2.67. The molecule has 0 bridgehead atoms. The number of amides is 2. The third-order valence-corrected chi connectivity index (χ3v) is 11.1.